The van der Waals surface area contributed by atoms with Crippen molar-refractivity contribution in [3.8, 4) is 0 Å². The normalized spacial score (nSPS) is 16.5. The van der Waals surface area contributed by atoms with Crippen LogP contribution < -0.4 is 16.1 Å². The zero-order valence-electron chi connectivity index (χ0n) is 18.0. The van der Waals surface area contributed by atoms with Crippen LogP contribution in [0.2, 0.25) is 5.02 Å². The van der Waals surface area contributed by atoms with Crippen molar-refractivity contribution in [2.45, 2.75) is 25.9 Å². The first-order valence-corrected chi connectivity index (χ1v) is 10.9. The number of carbonyl (C=O) groups is 3. The summed E-state index contributed by atoms with van der Waals surface area (Å²) < 4.78 is 0. The van der Waals surface area contributed by atoms with E-state index in [1.54, 1.807) is 11.1 Å². The summed E-state index contributed by atoms with van der Waals surface area (Å²) in [7, 11) is 0. The van der Waals surface area contributed by atoms with E-state index in [-0.39, 0.29) is 38.0 Å². The standard InChI is InChI=1S/C23H28ClN5O3/c1-2-17-7-9-19(10-8-17)29(16-30)27-11-12-28(22(31)13-25)21(15-27)23(32)26-14-18-5-3-4-6-20(18)24/h3-10,16,21H,2,11-15,25H2,1H3,(H,26,32). The molecule has 1 aliphatic rings. The minimum absolute atomic E-state index is 0.161. The van der Waals surface area contributed by atoms with Gasteiger partial charge >= 0.3 is 0 Å². The van der Waals surface area contributed by atoms with Crippen LogP contribution >= 0.6 is 11.6 Å². The number of hydrogen-bond acceptors (Lipinski definition) is 5. The number of aryl methyl sites for hydroxylation is 1. The van der Waals surface area contributed by atoms with Crippen LogP contribution in [0.5, 0.6) is 0 Å². The largest absolute Gasteiger partial charge is 0.350 e. The fourth-order valence-corrected chi connectivity index (χ4v) is 3.92. The highest BCUT2D eigenvalue weighted by molar-refractivity contribution is 6.31. The Bertz CT molecular complexity index is 953. The van der Waals surface area contributed by atoms with Gasteiger partial charge in [-0.15, -0.1) is 0 Å². The molecule has 1 aliphatic heterocycles. The third-order valence-corrected chi connectivity index (χ3v) is 5.95. The van der Waals surface area contributed by atoms with E-state index in [0.29, 0.717) is 17.3 Å². The van der Waals surface area contributed by atoms with Crippen molar-refractivity contribution in [1.29, 1.82) is 0 Å². The second-order valence-electron chi connectivity index (χ2n) is 7.50. The number of rotatable bonds is 8. The average molecular weight is 458 g/mol. The topological polar surface area (TPSA) is 99.0 Å². The highest BCUT2D eigenvalue weighted by Gasteiger charge is 2.36. The summed E-state index contributed by atoms with van der Waals surface area (Å²) in [4.78, 5) is 38.9. The third kappa shape index (κ3) is 5.45. The molecule has 1 fully saturated rings. The van der Waals surface area contributed by atoms with Crippen molar-refractivity contribution in [1.82, 2.24) is 15.2 Å². The molecule has 3 N–H and O–H groups in total. The summed E-state index contributed by atoms with van der Waals surface area (Å²) in [5.41, 5.74) is 8.21. The highest BCUT2D eigenvalue weighted by Crippen LogP contribution is 2.20. The smallest absolute Gasteiger partial charge is 0.244 e. The van der Waals surface area contributed by atoms with Crippen molar-refractivity contribution in [3.63, 3.8) is 0 Å². The quantitative estimate of drug-likeness (QED) is 0.586. The molecule has 0 aliphatic carbocycles. The van der Waals surface area contributed by atoms with Crippen LogP contribution in [0.1, 0.15) is 18.1 Å². The lowest BCUT2D eigenvalue weighted by Gasteiger charge is -2.43. The Labute approximate surface area is 192 Å². The van der Waals surface area contributed by atoms with Gasteiger partial charge in [0.25, 0.3) is 0 Å². The van der Waals surface area contributed by atoms with Gasteiger partial charge in [0, 0.05) is 31.2 Å². The van der Waals surface area contributed by atoms with E-state index in [9.17, 15) is 14.4 Å². The Morgan fingerprint density at radius 3 is 2.53 bits per heavy atom. The lowest BCUT2D eigenvalue weighted by Crippen LogP contribution is -2.64. The number of anilines is 1. The monoisotopic (exact) mass is 457 g/mol. The molecule has 2 aromatic carbocycles. The van der Waals surface area contributed by atoms with E-state index in [1.807, 2.05) is 42.5 Å². The summed E-state index contributed by atoms with van der Waals surface area (Å²) in [5, 5.41) is 6.67. The summed E-state index contributed by atoms with van der Waals surface area (Å²) in [5.74, 6) is -0.643. The Kier molecular flexibility index (Phi) is 8.21. The molecule has 1 saturated heterocycles. The van der Waals surface area contributed by atoms with Gasteiger partial charge in [-0.05, 0) is 35.7 Å². The number of hydrazine groups is 1. The first-order valence-electron chi connectivity index (χ1n) is 10.6. The number of amides is 3. The average Bonchev–Trinajstić information content (AvgIpc) is 2.83. The zero-order chi connectivity index (χ0) is 23.1. The maximum Gasteiger partial charge on any atom is 0.244 e. The van der Waals surface area contributed by atoms with Crippen molar-refractivity contribution in [2.75, 3.05) is 31.2 Å². The van der Waals surface area contributed by atoms with Crippen LogP contribution in [0.25, 0.3) is 0 Å². The van der Waals surface area contributed by atoms with E-state index < -0.39 is 6.04 Å². The highest BCUT2D eigenvalue weighted by atomic mass is 35.5. The van der Waals surface area contributed by atoms with Crippen LogP contribution in [-0.2, 0) is 27.3 Å². The molecule has 3 rings (SSSR count). The summed E-state index contributed by atoms with van der Waals surface area (Å²) in [6, 6.07) is 14.1. The number of carbonyl (C=O) groups excluding carboxylic acids is 3. The summed E-state index contributed by atoms with van der Waals surface area (Å²) >= 11 is 6.18. The molecule has 1 heterocycles. The second kappa shape index (κ2) is 11.1. The van der Waals surface area contributed by atoms with Crippen LogP contribution in [0.4, 0.5) is 5.69 Å². The fourth-order valence-electron chi connectivity index (χ4n) is 3.72. The van der Waals surface area contributed by atoms with Crippen LogP contribution in [0.15, 0.2) is 48.5 Å². The van der Waals surface area contributed by atoms with Gasteiger partial charge in [0.2, 0.25) is 18.2 Å². The van der Waals surface area contributed by atoms with E-state index >= 15 is 0 Å². The lowest BCUT2D eigenvalue weighted by molar-refractivity contribution is -0.143. The molecule has 0 bridgehead atoms. The predicted molar refractivity (Wildman–Crippen MR) is 124 cm³/mol. The number of benzene rings is 2. The zero-order valence-corrected chi connectivity index (χ0v) is 18.8. The Morgan fingerprint density at radius 1 is 1.19 bits per heavy atom. The maximum absolute atomic E-state index is 13.1. The Morgan fingerprint density at radius 2 is 1.91 bits per heavy atom. The molecule has 9 heteroatoms. The van der Waals surface area contributed by atoms with Gasteiger partial charge in [0.1, 0.15) is 6.04 Å². The van der Waals surface area contributed by atoms with Gasteiger partial charge in [-0.1, -0.05) is 48.9 Å². The van der Waals surface area contributed by atoms with Gasteiger partial charge < -0.3 is 16.0 Å². The van der Waals surface area contributed by atoms with Crippen molar-refractivity contribution >= 4 is 35.5 Å². The maximum atomic E-state index is 13.1. The molecular weight excluding hydrogens is 430 g/mol. The van der Waals surface area contributed by atoms with Gasteiger partial charge in [-0.3, -0.25) is 14.4 Å². The first kappa shape index (κ1) is 23.7. The molecule has 0 aromatic heterocycles. The van der Waals surface area contributed by atoms with Crippen LogP contribution in [0.3, 0.4) is 0 Å². The van der Waals surface area contributed by atoms with Gasteiger partial charge in [0.15, 0.2) is 0 Å². The minimum atomic E-state index is -0.792. The first-order chi connectivity index (χ1) is 15.5. The number of halogens is 1. The number of piperazine rings is 1. The predicted octanol–water partition coefficient (Wildman–Crippen LogP) is 1.57. The Balaban J connectivity index is 1.77. The molecule has 32 heavy (non-hydrogen) atoms. The van der Waals surface area contributed by atoms with Gasteiger partial charge in [-0.2, -0.15) is 0 Å². The number of nitrogens with zero attached hydrogens (tertiary/aromatic N) is 3. The SMILES string of the molecule is CCc1ccc(N(C=O)N2CCN(C(=O)CN)C(C(=O)NCc3ccccc3Cl)C2)cc1. The molecular formula is C23H28ClN5O3. The van der Waals surface area contributed by atoms with E-state index in [2.05, 4.69) is 12.2 Å². The molecule has 2 aromatic rings. The van der Waals surface area contributed by atoms with E-state index in [1.165, 1.54) is 9.91 Å². The minimum Gasteiger partial charge on any atom is -0.350 e. The number of nitrogens with two attached hydrogens (primary N) is 1. The molecule has 1 unspecified atom stereocenters. The molecule has 0 saturated carbocycles. The fraction of sp³-hybridized carbons (Fsp3) is 0.348. The molecule has 8 nitrogen and oxygen atoms in total. The molecule has 0 spiro atoms. The third-order valence-electron chi connectivity index (χ3n) is 5.58. The Hall–Kier alpha value is -2.94. The second-order valence-corrected chi connectivity index (χ2v) is 7.91. The van der Waals surface area contributed by atoms with E-state index in [4.69, 9.17) is 17.3 Å². The van der Waals surface area contributed by atoms with Gasteiger partial charge in [0.05, 0.1) is 12.2 Å². The van der Waals surface area contributed by atoms with Crippen LogP contribution in [-0.4, -0.2) is 60.4 Å². The van der Waals surface area contributed by atoms with E-state index in [0.717, 1.165) is 24.0 Å². The van der Waals surface area contributed by atoms with Crippen molar-refractivity contribution in [2.24, 2.45) is 5.73 Å². The van der Waals surface area contributed by atoms with Crippen molar-refractivity contribution < 1.29 is 14.4 Å². The molecule has 0 radical (unpaired) electrons. The number of hydrogen-bond donors (Lipinski definition) is 2. The summed E-state index contributed by atoms with van der Waals surface area (Å²) in [6.07, 6.45) is 1.62. The lowest BCUT2D eigenvalue weighted by atomic mass is 10.1. The summed E-state index contributed by atoms with van der Waals surface area (Å²) in [6.45, 7) is 2.94. The molecule has 3 amide bonds. The molecule has 170 valence electrons. The van der Waals surface area contributed by atoms with Gasteiger partial charge in [-0.25, -0.2) is 10.0 Å². The van der Waals surface area contributed by atoms with Crippen LogP contribution in [0, 0.1) is 0 Å². The number of nitrogens with one attached hydrogen (secondary N) is 1. The molecule has 1 atom stereocenters. The van der Waals surface area contributed by atoms with Crippen molar-refractivity contribution in [3.05, 3.63) is 64.7 Å².